The molecule has 1 aromatic rings. The van der Waals surface area contributed by atoms with Crippen LogP contribution in [0.4, 0.5) is 0 Å². The molecule has 0 atom stereocenters. The van der Waals surface area contributed by atoms with Gasteiger partial charge in [-0.2, -0.15) is 0 Å². The van der Waals surface area contributed by atoms with Gasteiger partial charge in [0.25, 0.3) is 0 Å². The van der Waals surface area contributed by atoms with Crippen molar-refractivity contribution in [1.82, 2.24) is 0 Å². The van der Waals surface area contributed by atoms with Gasteiger partial charge in [0, 0.05) is 6.42 Å². The summed E-state index contributed by atoms with van der Waals surface area (Å²) < 4.78 is 5.64. The molecule has 0 N–H and O–H groups in total. The van der Waals surface area contributed by atoms with Crippen LogP contribution in [0.1, 0.15) is 29.8 Å². The molecular formula is C10H11BrO3S. The molecule has 0 unspecified atom stereocenters. The van der Waals surface area contributed by atoms with Crippen molar-refractivity contribution in [2.24, 2.45) is 0 Å². The Kier molecular flexibility index (Phi) is 4.47. The van der Waals surface area contributed by atoms with E-state index in [-0.39, 0.29) is 18.2 Å². The lowest BCUT2D eigenvalue weighted by atomic mass is 10.1. The van der Waals surface area contributed by atoms with Crippen LogP contribution in [0.2, 0.25) is 0 Å². The monoisotopic (exact) mass is 290 g/mol. The number of Topliss-reactive ketones (excluding diaryl/α,β-unsaturated/α-hetero) is 1. The molecule has 0 saturated heterocycles. The zero-order valence-electron chi connectivity index (χ0n) is 8.50. The molecule has 0 saturated carbocycles. The summed E-state index contributed by atoms with van der Waals surface area (Å²) >= 11 is 4.67. The number of esters is 1. The largest absolute Gasteiger partial charge is 0.462 e. The van der Waals surface area contributed by atoms with Crippen molar-refractivity contribution in [3.8, 4) is 0 Å². The summed E-state index contributed by atoms with van der Waals surface area (Å²) in [4.78, 5) is 22.6. The van der Waals surface area contributed by atoms with Crippen LogP contribution in [0.25, 0.3) is 0 Å². The van der Waals surface area contributed by atoms with E-state index < -0.39 is 0 Å². The van der Waals surface area contributed by atoms with Gasteiger partial charge < -0.3 is 4.74 Å². The first-order valence-electron chi connectivity index (χ1n) is 4.48. The van der Waals surface area contributed by atoms with E-state index in [9.17, 15) is 9.59 Å². The van der Waals surface area contributed by atoms with Crippen molar-refractivity contribution in [2.75, 3.05) is 6.61 Å². The number of hydrogen-bond donors (Lipinski definition) is 0. The maximum Gasteiger partial charge on any atom is 0.340 e. The molecule has 0 spiro atoms. The third-order valence-electron chi connectivity index (χ3n) is 1.74. The molecule has 1 heterocycles. The van der Waals surface area contributed by atoms with Crippen molar-refractivity contribution < 1.29 is 14.3 Å². The molecule has 0 bridgehead atoms. The third-order valence-corrected chi connectivity index (χ3v) is 3.51. The highest BCUT2D eigenvalue weighted by Crippen LogP contribution is 2.29. The van der Waals surface area contributed by atoms with Crippen molar-refractivity contribution in [3.05, 3.63) is 20.3 Å². The lowest BCUT2D eigenvalue weighted by molar-refractivity contribution is -0.116. The van der Waals surface area contributed by atoms with E-state index >= 15 is 0 Å². The first-order chi connectivity index (χ1) is 7.06. The fourth-order valence-electron chi connectivity index (χ4n) is 1.18. The van der Waals surface area contributed by atoms with Crippen LogP contribution in [0, 0.1) is 0 Å². The van der Waals surface area contributed by atoms with Gasteiger partial charge in [-0.1, -0.05) is 0 Å². The molecule has 5 heteroatoms. The minimum atomic E-state index is -0.373. The molecule has 15 heavy (non-hydrogen) atoms. The summed E-state index contributed by atoms with van der Waals surface area (Å²) in [5, 5.41) is 1.80. The molecule has 0 radical (unpaired) electrons. The van der Waals surface area contributed by atoms with Gasteiger partial charge >= 0.3 is 5.97 Å². The fourth-order valence-corrected chi connectivity index (χ4v) is 2.66. The van der Waals surface area contributed by atoms with Crippen LogP contribution in [0.5, 0.6) is 0 Å². The first kappa shape index (κ1) is 12.4. The Labute approximate surface area is 101 Å². The number of carbonyl (C=O) groups is 2. The Morgan fingerprint density at radius 1 is 1.53 bits per heavy atom. The standard InChI is InChI=1S/C10H11BrO3S/c1-3-14-10(13)8-7(4-6(2)12)5-15-9(8)11/h5H,3-4H2,1-2H3. The molecular weight excluding hydrogens is 280 g/mol. The molecule has 82 valence electrons. The van der Waals surface area contributed by atoms with Gasteiger partial charge in [0.1, 0.15) is 5.78 Å². The van der Waals surface area contributed by atoms with Gasteiger partial charge in [0.05, 0.1) is 16.0 Å². The average Bonchev–Trinajstić information content (AvgIpc) is 2.46. The number of rotatable bonds is 4. The van der Waals surface area contributed by atoms with Gasteiger partial charge in [-0.25, -0.2) is 4.79 Å². The number of halogens is 1. The summed E-state index contributed by atoms with van der Waals surface area (Å²) in [6.07, 6.45) is 0.274. The van der Waals surface area contributed by atoms with E-state index in [2.05, 4.69) is 15.9 Å². The van der Waals surface area contributed by atoms with Gasteiger partial charge in [0.15, 0.2) is 0 Å². The lowest BCUT2D eigenvalue weighted by Gasteiger charge is -2.03. The quantitative estimate of drug-likeness (QED) is 0.801. The Morgan fingerprint density at radius 3 is 2.73 bits per heavy atom. The Hall–Kier alpha value is -0.680. The van der Waals surface area contributed by atoms with Crippen LogP contribution in [0.15, 0.2) is 9.17 Å². The maximum atomic E-state index is 11.6. The number of carbonyl (C=O) groups excluding carboxylic acids is 2. The van der Waals surface area contributed by atoms with Crippen LogP contribution < -0.4 is 0 Å². The number of hydrogen-bond acceptors (Lipinski definition) is 4. The van der Waals surface area contributed by atoms with Crippen molar-refractivity contribution in [3.63, 3.8) is 0 Å². The van der Waals surface area contributed by atoms with E-state index in [4.69, 9.17) is 4.74 Å². The van der Waals surface area contributed by atoms with Crippen LogP contribution in [0.3, 0.4) is 0 Å². The molecule has 1 rings (SSSR count). The van der Waals surface area contributed by atoms with E-state index in [1.807, 2.05) is 0 Å². The Balaban J connectivity index is 2.98. The second-order valence-electron chi connectivity index (χ2n) is 3.01. The van der Waals surface area contributed by atoms with E-state index in [0.717, 1.165) is 9.35 Å². The smallest absolute Gasteiger partial charge is 0.340 e. The summed E-state index contributed by atoms with van der Waals surface area (Å²) in [5.41, 5.74) is 1.22. The topological polar surface area (TPSA) is 43.4 Å². The highest BCUT2D eigenvalue weighted by atomic mass is 79.9. The molecule has 0 aliphatic heterocycles. The minimum absolute atomic E-state index is 0.0332. The predicted molar refractivity (Wildman–Crippen MR) is 62.4 cm³/mol. The second kappa shape index (κ2) is 5.42. The molecule has 0 aromatic carbocycles. The third kappa shape index (κ3) is 3.14. The Bertz CT molecular complexity index is 384. The summed E-state index contributed by atoms with van der Waals surface area (Å²) in [6.45, 7) is 3.59. The normalized spacial score (nSPS) is 10.1. The van der Waals surface area contributed by atoms with Gasteiger partial charge in [-0.3, -0.25) is 4.79 Å². The van der Waals surface area contributed by atoms with E-state index in [0.29, 0.717) is 12.2 Å². The van der Waals surface area contributed by atoms with Gasteiger partial charge in [0.2, 0.25) is 0 Å². The number of thiophene rings is 1. The molecule has 0 fully saturated rings. The average molecular weight is 291 g/mol. The number of ether oxygens (including phenoxy) is 1. The minimum Gasteiger partial charge on any atom is -0.462 e. The van der Waals surface area contributed by atoms with Crippen LogP contribution >= 0.6 is 27.3 Å². The maximum absolute atomic E-state index is 11.6. The molecule has 3 nitrogen and oxygen atoms in total. The zero-order chi connectivity index (χ0) is 11.4. The second-order valence-corrected chi connectivity index (χ2v) is 5.21. The fraction of sp³-hybridized carbons (Fsp3) is 0.400. The SMILES string of the molecule is CCOC(=O)c1c(CC(C)=O)csc1Br. The van der Waals surface area contributed by atoms with Gasteiger partial charge in [-0.05, 0) is 40.7 Å². The van der Waals surface area contributed by atoms with E-state index in [1.54, 1.807) is 12.3 Å². The summed E-state index contributed by atoms with van der Waals surface area (Å²) in [7, 11) is 0. The number of ketones is 1. The summed E-state index contributed by atoms with van der Waals surface area (Å²) in [6, 6.07) is 0. The lowest BCUT2D eigenvalue weighted by Crippen LogP contribution is -2.08. The highest BCUT2D eigenvalue weighted by molar-refractivity contribution is 9.11. The highest BCUT2D eigenvalue weighted by Gasteiger charge is 2.19. The molecule has 1 aromatic heterocycles. The van der Waals surface area contributed by atoms with Crippen LogP contribution in [-0.2, 0) is 16.0 Å². The molecule has 0 amide bonds. The van der Waals surface area contributed by atoms with Crippen molar-refractivity contribution in [2.45, 2.75) is 20.3 Å². The predicted octanol–water partition coefficient (Wildman–Crippen LogP) is 2.82. The zero-order valence-corrected chi connectivity index (χ0v) is 10.9. The van der Waals surface area contributed by atoms with Crippen molar-refractivity contribution in [1.29, 1.82) is 0 Å². The Morgan fingerprint density at radius 2 is 2.20 bits per heavy atom. The van der Waals surface area contributed by atoms with Crippen molar-refractivity contribution >= 4 is 39.0 Å². The van der Waals surface area contributed by atoms with E-state index in [1.165, 1.54) is 18.3 Å². The molecule has 0 aliphatic rings. The van der Waals surface area contributed by atoms with Crippen LogP contribution in [-0.4, -0.2) is 18.4 Å². The van der Waals surface area contributed by atoms with Gasteiger partial charge in [-0.15, -0.1) is 11.3 Å². The first-order valence-corrected chi connectivity index (χ1v) is 6.16. The summed E-state index contributed by atoms with van der Waals surface area (Å²) in [5.74, 6) is -0.340. The molecule has 0 aliphatic carbocycles.